The second-order valence-electron chi connectivity index (χ2n) is 7.75. The monoisotopic (exact) mass is 380 g/mol. The fourth-order valence-electron chi connectivity index (χ4n) is 5.67. The highest BCUT2D eigenvalue weighted by Gasteiger charge is 2.75. The van der Waals surface area contributed by atoms with Crippen LogP contribution >= 0.6 is 7.82 Å². The van der Waals surface area contributed by atoms with Gasteiger partial charge in [-0.3, -0.25) is 9.79 Å². The highest BCUT2D eigenvalue weighted by molar-refractivity contribution is 7.46. The van der Waals surface area contributed by atoms with Gasteiger partial charge < -0.3 is 9.26 Å². The topological polar surface area (TPSA) is 94.5 Å². The van der Waals surface area contributed by atoms with E-state index in [-0.39, 0.29) is 5.75 Å². The molecule has 0 aromatic heterocycles. The van der Waals surface area contributed by atoms with Gasteiger partial charge in [-0.2, -0.15) is 4.89 Å². The van der Waals surface area contributed by atoms with Crippen LogP contribution in [0.3, 0.4) is 0 Å². The number of benzene rings is 1. The maximum absolute atomic E-state index is 11.2. The van der Waals surface area contributed by atoms with E-state index in [1.807, 2.05) is 6.07 Å². The molecule has 1 saturated heterocycles. The molecule has 2 N–H and O–H groups in total. The summed E-state index contributed by atoms with van der Waals surface area (Å²) in [6, 6.07) is 6.57. The molecule has 4 aliphatic carbocycles. The minimum absolute atomic E-state index is 0.0735. The number of ether oxygens (including phenoxy) is 1. The lowest BCUT2D eigenvalue weighted by molar-refractivity contribution is -0.642. The van der Waals surface area contributed by atoms with E-state index >= 15 is 0 Å². The Labute approximate surface area is 151 Å². The Kier molecular flexibility index (Phi) is 3.52. The molecule has 1 aromatic carbocycles. The molecule has 3 fully saturated rings. The highest BCUT2D eigenvalue weighted by Crippen LogP contribution is 2.68. The summed E-state index contributed by atoms with van der Waals surface area (Å²) in [5, 5.41) is 0. The first-order valence-electron chi connectivity index (χ1n) is 8.83. The van der Waals surface area contributed by atoms with Crippen molar-refractivity contribution in [3.8, 4) is 5.75 Å². The van der Waals surface area contributed by atoms with Gasteiger partial charge in [0.1, 0.15) is 5.75 Å². The van der Waals surface area contributed by atoms with Gasteiger partial charge in [0.05, 0.1) is 0 Å². The van der Waals surface area contributed by atoms with Crippen LogP contribution in [-0.2, 0) is 24.9 Å². The predicted molar refractivity (Wildman–Crippen MR) is 89.7 cm³/mol. The number of hydrogen-bond donors (Lipinski definition) is 2. The lowest BCUT2D eigenvalue weighted by atomic mass is 9.50. The molecule has 3 unspecified atom stereocenters. The lowest BCUT2D eigenvalue weighted by Gasteiger charge is -2.67. The average Bonchev–Trinajstić information content (AvgIpc) is 2.53. The summed E-state index contributed by atoms with van der Waals surface area (Å²) in [6.07, 6.45) is 6.49. The fourth-order valence-corrected chi connectivity index (χ4v) is 6.06. The van der Waals surface area contributed by atoms with Crippen molar-refractivity contribution in [1.29, 1.82) is 0 Å². The number of phosphoric acid groups is 1. The van der Waals surface area contributed by atoms with E-state index in [0.717, 1.165) is 25.7 Å². The van der Waals surface area contributed by atoms with Crippen LogP contribution in [0.15, 0.2) is 35.9 Å². The average molecular weight is 380 g/mol. The van der Waals surface area contributed by atoms with Crippen LogP contribution in [0, 0.1) is 17.8 Å². The van der Waals surface area contributed by atoms with E-state index in [1.54, 1.807) is 19.2 Å². The van der Waals surface area contributed by atoms with E-state index in [0.29, 0.717) is 23.3 Å². The van der Waals surface area contributed by atoms with Gasteiger partial charge in [-0.1, -0.05) is 23.8 Å². The Balaban J connectivity index is 1.56. The summed E-state index contributed by atoms with van der Waals surface area (Å²) in [7, 11) is -3.05. The molecule has 7 nitrogen and oxygen atoms in total. The molecule has 26 heavy (non-hydrogen) atoms. The third-order valence-electron chi connectivity index (χ3n) is 6.41. The van der Waals surface area contributed by atoms with Crippen LogP contribution in [0.5, 0.6) is 5.75 Å². The molecule has 1 spiro atoms. The van der Waals surface area contributed by atoms with Crippen LogP contribution in [0.2, 0.25) is 0 Å². The minimum atomic E-state index is -4.64. The van der Waals surface area contributed by atoms with Gasteiger partial charge in [0.25, 0.3) is 5.79 Å². The molecule has 8 heteroatoms. The maximum Gasteiger partial charge on any atom is 0.524 e. The zero-order chi connectivity index (χ0) is 18.2. The first kappa shape index (κ1) is 16.9. The predicted octanol–water partition coefficient (Wildman–Crippen LogP) is 3.03. The fraction of sp³-hybridized carbons (Fsp3) is 0.556. The zero-order valence-corrected chi connectivity index (χ0v) is 15.2. The lowest BCUT2D eigenvalue weighted by Crippen LogP contribution is -2.75. The molecule has 3 atom stereocenters. The Hall–Kier alpha value is -1.21. The first-order valence-corrected chi connectivity index (χ1v) is 10.4. The molecule has 1 aromatic rings. The van der Waals surface area contributed by atoms with Crippen molar-refractivity contribution in [3.05, 3.63) is 41.5 Å². The van der Waals surface area contributed by atoms with Gasteiger partial charge in [-0.05, 0) is 43.7 Å². The van der Waals surface area contributed by atoms with Crippen molar-refractivity contribution in [2.45, 2.75) is 37.1 Å². The summed E-state index contributed by atoms with van der Waals surface area (Å²) in [6.45, 7) is 0. The minimum Gasteiger partial charge on any atom is -0.404 e. The summed E-state index contributed by atoms with van der Waals surface area (Å²) in [5.41, 5.74) is 1.59. The number of phosphoric ester groups is 1. The number of rotatable bonds is 4. The Morgan fingerprint density at radius 3 is 2.46 bits per heavy atom. The van der Waals surface area contributed by atoms with Crippen LogP contribution in [0.4, 0.5) is 0 Å². The standard InChI is InChI=1S/C18H21O7P/c1-22-18(13-3-2-4-16(10-13)23-26(19,20)21)17(24-25-18)14-6-11-5-12(8-14)9-15(17)7-11/h2-5,10-11,14-15H,6-9H2,1H3,(H2,19,20,21). The van der Waals surface area contributed by atoms with Crippen molar-refractivity contribution in [2.75, 3.05) is 7.11 Å². The van der Waals surface area contributed by atoms with Crippen molar-refractivity contribution >= 4 is 7.82 Å². The zero-order valence-electron chi connectivity index (χ0n) is 14.3. The van der Waals surface area contributed by atoms with Gasteiger partial charge in [0.2, 0.25) is 0 Å². The smallest absolute Gasteiger partial charge is 0.404 e. The quantitative estimate of drug-likeness (QED) is 0.471. The molecule has 0 amide bonds. The van der Waals surface area contributed by atoms with Crippen LogP contribution in [0.25, 0.3) is 0 Å². The molecule has 1 aliphatic heterocycles. The molecule has 2 saturated carbocycles. The van der Waals surface area contributed by atoms with Gasteiger partial charge in [0.15, 0.2) is 5.60 Å². The SMILES string of the molecule is COC1(c2cccc(OP(=O)(O)O)c2)OOC12C1CC3=CC(C1)CC2C3. The van der Waals surface area contributed by atoms with E-state index in [1.165, 1.54) is 11.6 Å². The number of methoxy groups -OCH3 is 1. The van der Waals surface area contributed by atoms with E-state index in [4.69, 9.17) is 28.8 Å². The van der Waals surface area contributed by atoms with Crippen LogP contribution < -0.4 is 4.52 Å². The van der Waals surface area contributed by atoms with Gasteiger partial charge in [0, 0.05) is 24.5 Å². The molecule has 1 heterocycles. The van der Waals surface area contributed by atoms with Gasteiger partial charge in [-0.15, -0.1) is 0 Å². The van der Waals surface area contributed by atoms with Gasteiger partial charge in [-0.25, -0.2) is 9.45 Å². The third kappa shape index (κ3) is 2.16. The van der Waals surface area contributed by atoms with E-state index < -0.39 is 19.2 Å². The largest absolute Gasteiger partial charge is 0.524 e. The molecular formula is C18H21O7P. The molecule has 6 rings (SSSR count). The summed E-state index contributed by atoms with van der Waals surface area (Å²) >= 11 is 0. The van der Waals surface area contributed by atoms with Crippen LogP contribution in [-0.4, -0.2) is 22.5 Å². The number of hydrogen-bond acceptors (Lipinski definition) is 5. The van der Waals surface area contributed by atoms with Crippen LogP contribution in [0.1, 0.15) is 31.2 Å². The molecule has 0 radical (unpaired) electrons. The molecular weight excluding hydrogens is 359 g/mol. The van der Waals surface area contributed by atoms with Crippen molar-refractivity contribution in [2.24, 2.45) is 17.8 Å². The van der Waals surface area contributed by atoms with Gasteiger partial charge >= 0.3 is 7.82 Å². The second-order valence-corrected chi connectivity index (χ2v) is 8.91. The van der Waals surface area contributed by atoms with Crippen molar-refractivity contribution in [3.63, 3.8) is 0 Å². The molecule has 5 aliphatic rings. The van der Waals surface area contributed by atoms with E-state index in [9.17, 15) is 4.57 Å². The Morgan fingerprint density at radius 2 is 1.92 bits per heavy atom. The Bertz CT molecular complexity index is 809. The third-order valence-corrected chi connectivity index (χ3v) is 6.86. The normalized spacial score (nSPS) is 40.4. The summed E-state index contributed by atoms with van der Waals surface area (Å²) in [5.74, 6) is 0.200. The molecule has 140 valence electrons. The summed E-state index contributed by atoms with van der Waals surface area (Å²) in [4.78, 5) is 29.7. The van der Waals surface area contributed by atoms with E-state index in [2.05, 4.69) is 6.08 Å². The highest BCUT2D eigenvalue weighted by atomic mass is 31.2. The Morgan fingerprint density at radius 1 is 1.19 bits per heavy atom. The van der Waals surface area contributed by atoms with Crippen molar-refractivity contribution < 1.29 is 33.4 Å². The second kappa shape index (κ2) is 5.41. The first-order chi connectivity index (χ1) is 12.4. The van der Waals surface area contributed by atoms with Crippen molar-refractivity contribution in [1.82, 2.24) is 0 Å². The number of allylic oxidation sites excluding steroid dienone is 2. The maximum atomic E-state index is 11.2. The molecule has 4 bridgehead atoms. The summed E-state index contributed by atoms with van der Waals surface area (Å²) < 4.78 is 21.8.